The van der Waals surface area contributed by atoms with Gasteiger partial charge in [-0.15, -0.1) is 0 Å². The molecule has 1 fully saturated rings. The van der Waals surface area contributed by atoms with Gasteiger partial charge in [-0.1, -0.05) is 6.92 Å². The Balaban J connectivity index is 2.11. The average Bonchev–Trinajstić information content (AvgIpc) is 2.42. The second-order valence-corrected chi connectivity index (χ2v) is 5.30. The average molecular weight is 281 g/mol. The number of nitrogens with zero attached hydrogens (tertiary/aromatic N) is 3. The predicted molar refractivity (Wildman–Crippen MR) is 72.3 cm³/mol. The van der Waals surface area contributed by atoms with Crippen molar-refractivity contribution in [3.63, 3.8) is 0 Å². The van der Waals surface area contributed by atoms with E-state index in [0.717, 1.165) is 11.0 Å². The molecule has 2 unspecified atom stereocenters. The summed E-state index contributed by atoms with van der Waals surface area (Å²) >= 11 is 0. The van der Waals surface area contributed by atoms with Crippen LogP contribution in [0.3, 0.4) is 0 Å². The molecule has 0 radical (unpaired) electrons. The third kappa shape index (κ3) is 2.82. The number of β-amino-alcohol motifs (C(OH)–C–C–N with tert-alkyl or cyclic N) is 1. The van der Waals surface area contributed by atoms with Gasteiger partial charge in [0.25, 0.3) is 5.56 Å². The first-order valence-electron chi connectivity index (χ1n) is 6.62. The van der Waals surface area contributed by atoms with E-state index in [1.807, 2.05) is 6.92 Å². The number of carbonyl (C=O) groups excluding carboxylic acids is 1. The predicted octanol–water partition coefficient (Wildman–Crippen LogP) is -1.22. The molecule has 7 nitrogen and oxygen atoms in total. The molecule has 1 aromatic heterocycles. The lowest BCUT2D eigenvalue weighted by atomic mass is 9.96. The normalized spacial score (nSPS) is 22.9. The Hall–Kier alpha value is -1.89. The van der Waals surface area contributed by atoms with E-state index in [4.69, 9.17) is 0 Å². The first-order chi connectivity index (χ1) is 9.40. The van der Waals surface area contributed by atoms with Crippen molar-refractivity contribution in [3.05, 3.63) is 33.1 Å². The van der Waals surface area contributed by atoms with Gasteiger partial charge in [-0.3, -0.25) is 18.7 Å². The first kappa shape index (κ1) is 14.5. The highest BCUT2D eigenvalue weighted by molar-refractivity contribution is 5.76. The van der Waals surface area contributed by atoms with Crippen molar-refractivity contribution in [2.24, 2.45) is 13.0 Å². The molecule has 1 amide bonds. The van der Waals surface area contributed by atoms with Gasteiger partial charge in [-0.05, 0) is 12.3 Å². The number of aliphatic hydroxyl groups is 1. The Kier molecular flexibility index (Phi) is 4.08. The van der Waals surface area contributed by atoms with Crippen molar-refractivity contribution in [1.82, 2.24) is 14.0 Å². The zero-order valence-electron chi connectivity index (χ0n) is 11.7. The molecule has 20 heavy (non-hydrogen) atoms. The SMILES string of the molecule is CC1CCN(C(=O)Cn2ccc(=O)n(C)c2=O)CC1O. The number of rotatable bonds is 2. The van der Waals surface area contributed by atoms with Crippen molar-refractivity contribution in [1.29, 1.82) is 0 Å². The Labute approximate surface area is 116 Å². The first-order valence-corrected chi connectivity index (χ1v) is 6.62. The summed E-state index contributed by atoms with van der Waals surface area (Å²) in [6.07, 6.45) is 1.55. The lowest BCUT2D eigenvalue weighted by molar-refractivity contribution is -0.136. The number of piperidine rings is 1. The van der Waals surface area contributed by atoms with E-state index >= 15 is 0 Å². The molecule has 2 rings (SSSR count). The minimum Gasteiger partial charge on any atom is -0.391 e. The van der Waals surface area contributed by atoms with E-state index in [-0.39, 0.29) is 18.4 Å². The summed E-state index contributed by atoms with van der Waals surface area (Å²) < 4.78 is 2.16. The van der Waals surface area contributed by atoms with E-state index in [1.54, 1.807) is 4.90 Å². The third-order valence-corrected chi connectivity index (χ3v) is 3.84. The number of carbonyl (C=O) groups is 1. The minimum atomic E-state index is -0.524. The summed E-state index contributed by atoms with van der Waals surface area (Å²) in [6.45, 7) is 2.70. The highest BCUT2D eigenvalue weighted by Gasteiger charge is 2.27. The van der Waals surface area contributed by atoms with Gasteiger partial charge < -0.3 is 10.0 Å². The van der Waals surface area contributed by atoms with Gasteiger partial charge in [0, 0.05) is 32.4 Å². The highest BCUT2D eigenvalue weighted by Crippen LogP contribution is 2.16. The maximum atomic E-state index is 12.1. The quantitative estimate of drug-likeness (QED) is 0.736. The summed E-state index contributed by atoms with van der Waals surface area (Å²) in [5.41, 5.74) is -0.919. The fourth-order valence-corrected chi connectivity index (χ4v) is 2.26. The van der Waals surface area contributed by atoms with Gasteiger partial charge in [-0.25, -0.2) is 4.79 Å². The Bertz CT molecular complexity index is 619. The van der Waals surface area contributed by atoms with Crippen LogP contribution >= 0.6 is 0 Å². The van der Waals surface area contributed by atoms with Crippen LogP contribution in [0.15, 0.2) is 21.9 Å². The molecule has 0 aliphatic carbocycles. The number of amides is 1. The van der Waals surface area contributed by atoms with Crippen LogP contribution in [0.2, 0.25) is 0 Å². The molecule has 1 aliphatic heterocycles. The van der Waals surface area contributed by atoms with Crippen LogP contribution in [0.5, 0.6) is 0 Å². The number of hydrogen-bond acceptors (Lipinski definition) is 4. The van der Waals surface area contributed by atoms with Crippen molar-refractivity contribution < 1.29 is 9.90 Å². The molecule has 1 saturated heterocycles. The van der Waals surface area contributed by atoms with Crippen LogP contribution in [0.1, 0.15) is 13.3 Å². The van der Waals surface area contributed by atoms with Crippen LogP contribution in [0.25, 0.3) is 0 Å². The smallest absolute Gasteiger partial charge is 0.331 e. The molecule has 110 valence electrons. The van der Waals surface area contributed by atoms with Crippen LogP contribution in [-0.4, -0.2) is 44.2 Å². The van der Waals surface area contributed by atoms with Crippen LogP contribution in [-0.2, 0) is 18.4 Å². The Morgan fingerprint density at radius 3 is 2.80 bits per heavy atom. The van der Waals surface area contributed by atoms with E-state index in [9.17, 15) is 19.5 Å². The topological polar surface area (TPSA) is 84.5 Å². The van der Waals surface area contributed by atoms with Gasteiger partial charge in [0.05, 0.1) is 6.10 Å². The lowest BCUT2D eigenvalue weighted by Gasteiger charge is -2.34. The molecule has 0 saturated carbocycles. The maximum absolute atomic E-state index is 12.1. The number of aromatic nitrogens is 2. The highest BCUT2D eigenvalue weighted by atomic mass is 16.3. The van der Waals surface area contributed by atoms with Gasteiger partial charge in [0.1, 0.15) is 6.54 Å². The van der Waals surface area contributed by atoms with E-state index in [1.165, 1.54) is 23.9 Å². The van der Waals surface area contributed by atoms with E-state index in [0.29, 0.717) is 13.1 Å². The summed E-state index contributed by atoms with van der Waals surface area (Å²) in [4.78, 5) is 36.8. The van der Waals surface area contributed by atoms with Crippen molar-refractivity contribution in [2.45, 2.75) is 26.0 Å². The van der Waals surface area contributed by atoms with Crippen LogP contribution in [0, 0.1) is 5.92 Å². The fraction of sp³-hybridized carbons (Fsp3) is 0.615. The molecule has 2 heterocycles. The molecular formula is C13H19N3O4. The summed E-state index contributed by atoms with van der Waals surface area (Å²) in [5.74, 6) is -0.0454. The van der Waals surface area contributed by atoms with Crippen molar-refractivity contribution in [3.8, 4) is 0 Å². The van der Waals surface area contributed by atoms with Crippen LogP contribution in [0.4, 0.5) is 0 Å². The fourth-order valence-electron chi connectivity index (χ4n) is 2.26. The monoisotopic (exact) mass is 281 g/mol. The lowest BCUT2D eigenvalue weighted by Crippen LogP contribution is -2.48. The molecule has 1 aromatic rings. The van der Waals surface area contributed by atoms with E-state index < -0.39 is 17.4 Å². The summed E-state index contributed by atoms with van der Waals surface area (Å²) in [7, 11) is 1.37. The van der Waals surface area contributed by atoms with Gasteiger partial charge in [0.2, 0.25) is 5.91 Å². The molecule has 7 heteroatoms. The third-order valence-electron chi connectivity index (χ3n) is 3.84. The Morgan fingerprint density at radius 1 is 1.45 bits per heavy atom. The molecule has 2 atom stereocenters. The minimum absolute atomic E-state index is 0.117. The molecular weight excluding hydrogens is 262 g/mol. The zero-order valence-corrected chi connectivity index (χ0v) is 11.7. The molecule has 0 spiro atoms. The number of likely N-dealkylation sites (tertiary alicyclic amines) is 1. The van der Waals surface area contributed by atoms with E-state index in [2.05, 4.69) is 0 Å². The van der Waals surface area contributed by atoms with Gasteiger partial charge in [0.15, 0.2) is 0 Å². The largest absolute Gasteiger partial charge is 0.391 e. The van der Waals surface area contributed by atoms with Gasteiger partial charge in [-0.2, -0.15) is 0 Å². The standard InChI is InChI=1S/C13H19N3O4/c1-9-3-5-15(7-10(9)17)12(19)8-16-6-4-11(18)14(2)13(16)20/h4,6,9-10,17H,3,5,7-8H2,1-2H3. The van der Waals surface area contributed by atoms with Crippen molar-refractivity contribution in [2.75, 3.05) is 13.1 Å². The molecule has 1 N–H and O–H groups in total. The summed E-state index contributed by atoms with van der Waals surface area (Å²) in [5, 5.41) is 9.79. The molecule has 1 aliphatic rings. The Morgan fingerprint density at radius 2 is 2.15 bits per heavy atom. The number of aliphatic hydroxyl groups excluding tert-OH is 1. The maximum Gasteiger partial charge on any atom is 0.331 e. The zero-order chi connectivity index (χ0) is 14.9. The summed E-state index contributed by atoms with van der Waals surface area (Å²) in [6, 6.07) is 1.25. The number of hydrogen-bond donors (Lipinski definition) is 1. The molecule has 0 aromatic carbocycles. The van der Waals surface area contributed by atoms with Crippen LogP contribution < -0.4 is 11.2 Å². The van der Waals surface area contributed by atoms with Crippen molar-refractivity contribution >= 4 is 5.91 Å². The second-order valence-electron chi connectivity index (χ2n) is 5.30. The second kappa shape index (κ2) is 5.62. The van der Waals surface area contributed by atoms with Gasteiger partial charge >= 0.3 is 5.69 Å². The molecule has 0 bridgehead atoms.